The minimum absolute atomic E-state index is 0.0508. The molecule has 1 aromatic heterocycles. The van der Waals surface area contributed by atoms with Gasteiger partial charge in [-0.25, -0.2) is 0 Å². The van der Waals surface area contributed by atoms with Crippen molar-refractivity contribution in [2.45, 2.75) is 38.9 Å². The first kappa shape index (κ1) is 19.5. The molecule has 1 aliphatic rings. The molecule has 0 N–H and O–H groups in total. The van der Waals surface area contributed by atoms with Crippen LogP contribution in [0.5, 0.6) is 0 Å². The zero-order valence-corrected chi connectivity index (χ0v) is 18.4. The first-order valence-corrected chi connectivity index (χ1v) is 11.0. The summed E-state index contributed by atoms with van der Waals surface area (Å²) in [6.07, 6.45) is 0. The van der Waals surface area contributed by atoms with E-state index in [0.29, 0.717) is 5.39 Å². The molecular weight excluding hydrogens is 391 g/mol. The Bertz CT molecular complexity index is 1310. The quantitative estimate of drug-likeness (QED) is 0.326. The molecule has 3 nitrogen and oxygen atoms in total. The molecule has 0 atom stereocenters. The fourth-order valence-corrected chi connectivity index (χ4v) is 4.84. The fraction of sp³-hybridized carbons (Fsp3) is 0.240. The highest BCUT2D eigenvalue weighted by molar-refractivity contribution is 7.24. The monoisotopic (exact) mass is 414 g/mol. The van der Waals surface area contributed by atoms with Crippen molar-refractivity contribution in [1.82, 2.24) is 0 Å². The third-order valence-corrected chi connectivity index (χ3v) is 7.48. The molecule has 1 saturated heterocycles. The van der Waals surface area contributed by atoms with Gasteiger partial charge in [-0.3, -0.25) is 4.79 Å². The summed E-state index contributed by atoms with van der Waals surface area (Å²) < 4.78 is 14.3. The van der Waals surface area contributed by atoms with Gasteiger partial charge in [0.2, 0.25) is 0 Å². The van der Waals surface area contributed by atoms with Crippen molar-refractivity contribution in [3.63, 3.8) is 0 Å². The third kappa shape index (κ3) is 3.09. The molecule has 4 aromatic rings. The van der Waals surface area contributed by atoms with Crippen molar-refractivity contribution in [2.24, 2.45) is 0 Å². The van der Waals surface area contributed by atoms with E-state index < -0.39 is 18.3 Å². The van der Waals surface area contributed by atoms with Gasteiger partial charge in [0.15, 0.2) is 5.43 Å². The number of benzene rings is 3. The van der Waals surface area contributed by atoms with Crippen molar-refractivity contribution in [1.29, 1.82) is 0 Å². The summed E-state index contributed by atoms with van der Waals surface area (Å²) in [5.41, 5.74) is 2.26. The largest absolute Gasteiger partial charge is 0.494 e. The van der Waals surface area contributed by atoms with Crippen LogP contribution in [0.4, 0.5) is 0 Å². The number of rotatable bonds is 2. The molecule has 1 aliphatic heterocycles. The van der Waals surface area contributed by atoms with Crippen LogP contribution in [0.15, 0.2) is 71.5 Å². The predicted octanol–water partition coefficient (Wildman–Crippen LogP) is 5.38. The van der Waals surface area contributed by atoms with Crippen molar-refractivity contribution >= 4 is 44.1 Å². The molecule has 150 valence electrons. The molecule has 0 amide bonds. The van der Waals surface area contributed by atoms with Gasteiger partial charge in [0.25, 0.3) is 0 Å². The highest BCUT2D eigenvalue weighted by Crippen LogP contribution is 2.37. The Morgan fingerprint density at radius 1 is 0.733 bits per heavy atom. The first-order valence-electron chi connectivity index (χ1n) is 10.2. The van der Waals surface area contributed by atoms with Gasteiger partial charge in [0, 0.05) is 20.2 Å². The van der Waals surface area contributed by atoms with Crippen LogP contribution in [0.25, 0.3) is 31.3 Å². The lowest BCUT2D eigenvalue weighted by atomic mass is 9.78. The average Bonchev–Trinajstić information content (AvgIpc) is 2.95. The van der Waals surface area contributed by atoms with Crippen LogP contribution in [0.3, 0.4) is 0 Å². The topological polar surface area (TPSA) is 35.5 Å². The van der Waals surface area contributed by atoms with Crippen molar-refractivity contribution < 1.29 is 9.31 Å². The van der Waals surface area contributed by atoms with Crippen LogP contribution in [0, 0.1) is 0 Å². The minimum Gasteiger partial charge on any atom is -0.399 e. The standard InChI is InChI=1S/C25H23BO3S/c1-24(2)25(3,4)29-26(28-24)18-11-13-22-20(15-18)23(27)19-14-17(10-12-21(19)30-22)16-8-6-5-7-9-16/h5-15H,1-4H3. The maximum absolute atomic E-state index is 13.4. The van der Waals surface area contributed by atoms with Gasteiger partial charge in [-0.05, 0) is 68.6 Å². The highest BCUT2D eigenvalue weighted by atomic mass is 32.1. The number of hydrogen-bond donors (Lipinski definition) is 0. The third-order valence-electron chi connectivity index (χ3n) is 6.32. The van der Waals surface area contributed by atoms with Gasteiger partial charge >= 0.3 is 7.12 Å². The van der Waals surface area contributed by atoms with Gasteiger partial charge in [0.05, 0.1) is 11.2 Å². The second-order valence-electron chi connectivity index (χ2n) is 8.85. The maximum atomic E-state index is 13.4. The van der Waals surface area contributed by atoms with Crippen molar-refractivity contribution in [3.05, 3.63) is 77.0 Å². The van der Waals surface area contributed by atoms with Crippen molar-refractivity contribution in [2.75, 3.05) is 0 Å². The molecule has 0 unspecified atom stereocenters. The molecule has 0 aliphatic carbocycles. The summed E-state index contributed by atoms with van der Waals surface area (Å²) in [4.78, 5) is 13.4. The maximum Gasteiger partial charge on any atom is 0.494 e. The van der Waals surface area contributed by atoms with E-state index in [9.17, 15) is 4.79 Å². The Balaban J connectivity index is 1.64. The van der Waals surface area contributed by atoms with E-state index in [1.54, 1.807) is 11.3 Å². The zero-order valence-electron chi connectivity index (χ0n) is 17.6. The Kier molecular flexibility index (Phi) is 4.40. The second kappa shape index (κ2) is 6.77. The lowest BCUT2D eigenvalue weighted by molar-refractivity contribution is 0.00578. The molecule has 2 heterocycles. The Morgan fingerprint density at radius 3 is 2.00 bits per heavy atom. The summed E-state index contributed by atoms with van der Waals surface area (Å²) in [7, 11) is -0.477. The predicted molar refractivity (Wildman–Crippen MR) is 127 cm³/mol. The van der Waals surface area contributed by atoms with Crippen LogP contribution >= 0.6 is 11.3 Å². The number of fused-ring (bicyclic) bond motifs is 2. The summed E-state index contributed by atoms with van der Waals surface area (Å²) >= 11 is 1.64. The van der Waals surface area contributed by atoms with Crippen LogP contribution in [0.1, 0.15) is 27.7 Å². The molecule has 30 heavy (non-hydrogen) atoms. The Morgan fingerprint density at radius 2 is 1.33 bits per heavy atom. The smallest absolute Gasteiger partial charge is 0.399 e. The van der Waals surface area contributed by atoms with Gasteiger partial charge in [-0.2, -0.15) is 0 Å². The van der Waals surface area contributed by atoms with E-state index in [1.807, 2.05) is 76.2 Å². The highest BCUT2D eigenvalue weighted by Gasteiger charge is 2.51. The lowest BCUT2D eigenvalue weighted by Crippen LogP contribution is -2.41. The molecule has 0 bridgehead atoms. The lowest BCUT2D eigenvalue weighted by Gasteiger charge is -2.32. The summed E-state index contributed by atoms with van der Waals surface area (Å²) in [5.74, 6) is 0. The van der Waals surface area contributed by atoms with Gasteiger partial charge < -0.3 is 9.31 Å². The van der Waals surface area contributed by atoms with Gasteiger partial charge in [0.1, 0.15) is 0 Å². The fourth-order valence-electron chi connectivity index (χ4n) is 3.81. The van der Waals surface area contributed by atoms with Gasteiger partial charge in [-0.15, -0.1) is 11.3 Å². The van der Waals surface area contributed by atoms with Crippen LogP contribution in [-0.4, -0.2) is 18.3 Å². The molecule has 0 spiro atoms. The van der Waals surface area contributed by atoms with E-state index in [2.05, 4.69) is 18.2 Å². The van der Waals surface area contributed by atoms with E-state index in [1.165, 1.54) is 0 Å². The molecule has 1 fully saturated rings. The van der Waals surface area contributed by atoms with E-state index in [-0.39, 0.29) is 5.43 Å². The average molecular weight is 414 g/mol. The number of hydrogen-bond acceptors (Lipinski definition) is 4. The van der Waals surface area contributed by atoms with Crippen molar-refractivity contribution in [3.8, 4) is 11.1 Å². The van der Waals surface area contributed by atoms with Gasteiger partial charge in [-0.1, -0.05) is 42.5 Å². The zero-order chi connectivity index (χ0) is 21.1. The summed E-state index contributed by atoms with van der Waals surface area (Å²) in [6, 6.07) is 22.2. The van der Waals surface area contributed by atoms with E-state index in [0.717, 1.165) is 31.4 Å². The van der Waals surface area contributed by atoms with Crippen LogP contribution < -0.4 is 10.9 Å². The van der Waals surface area contributed by atoms with Crippen LogP contribution in [-0.2, 0) is 9.31 Å². The normalized spacial score (nSPS) is 17.7. The Hall–Kier alpha value is -2.47. The van der Waals surface area contributed by atoms with E-state index >= 15 is 0 Å². The SMILES string of the molecule is CC1(C)OB(c2ccc3sc4ccc(-c5ccccc5)cc4c(=O)c3c2)OC1(C)C. The molecular formula is C25H23BO3S. The van der Waals surface area contributed by atoms with E-state index in [4.69, 9.17) is 9.31 Å². The van der Waals surface area contributed by atoms with Crippen LogP contribution in [0.2, 0.25) is 0 Å². The first-order chi connectivity index (χ1) is 14.2. The minimum atomic E-state index is -0.477. The molecule has 0 radical (unpaired) electrons. The summed E-state index contributed by atoms with van der Waals surface area (Å²) in [5, 5.41) is 1.46. The molecule has 3 aromatic carbocycles. The second-order valence-corrected chi connectivity index (χ2v) is 9.94. The molecule has 5 rings (SSSR count). The molecule has 5 heteroatoms. The molecule has 0 saturated carbocycles. The summed E-state index contributed by atoms with van der Waals surface area (Å²) in [6.45, 7) is 8.14. The Labute approximate surface area is 180 Å².